The van der Waals surface area contributed by atoms with Crippen LogP contribution in [0.2, 0.25) is 0 Å². The highest BCUT2D eigenvalue weighted by Gasteiger charge is 2.16. The molecule has 1 aromatic carbocycles. The SMILES string of the molecule is CC(C)(C)NC(=O)c1ccc(NC(=O)COC2CCNCC2)cc1. The van der Waals surface area contributed by atoms with Crippen molar-refractivity contribution in [2.75, 3.05) is 25.0 Å². The Bertz CT molecular complexity index is 558. The lowest BCUT2D eigenvalue weighted by Gasteiger charge is -2.22. The molecule has 132 valence electrons. The van der Waals surface area contributed by atoms with Gasteiger partial charge in [0.2, 0.25) is 5.91 Å². The van der Waals surface area contributed by atoms with E-state index < -0.39 is 0 Å². The number of anilines is 1. The molecular weight excluding hydrogens is 306 g/mol. The summed E-state index contributed by atoms with van der Waals surface area (Å²) in [4.78, 5) is 24.0. The van der Waals surface area contributed by atoms with Crippen LogP contribution in [0.5, 0.6) is 0 Å². The van der Waals surface area contributed by atoms with Crippen LogP contribution in [0, 0.1) is 0 Å². The maximum atomic E-state index is 12.0. The Morgan fingerprint density at radius 2 is 1.79 bits per heavy atom. The van der Waals surface area contributed by atoms with Crippen LogP contribution in [0.15, 0.2) is 24.3 Å². The summed E-state index contributed by atoms with van der Waals surface area (Å²) in [7, 11) is 0. The number of ether oxygens (including phenoxy) is 1. The fraction of sp³-hybridized carbons (Fsp3) is 0.556. The summed E-state index contributed by atoms with van der Waals surface area (Å²) in [6, 6.07) is 6.84. The molecule has 0 saturated carbocycles. The molecule has 0 radical (unpaired) electrons. The first kappa shape index (κ1) is 18.4. The standard InChI is InChI=1S/C18H27N3O3/c1-18(2,3)21-17(23)13-4-6-14(7-5-13)20-16(22)12-24-15-8-10-19-11-9-15/h4-7,15,19H,8-12H2,1-3H3,(H,20,22)(H,21,23). The number of hydrogen-bond donors (Lipinski definition) is 3. The summed E-state index contributed by atoms with van der Waals surface area (Å²) in [6.07, 6.45) is 2.02. The van der Waals surface area contributed by atoms with Gasteiger partial charge < -0.3 is 20.7 Å². The largest absolute Gasteiger partial charge is 0.368 e. The molecule has 0 bridgehead atoms. The van der Waals surface area contributed by atoms with E-state index in [1.165, 1.54) is 0 Å². The fourth-order valence-electron chi connectivity index (χ4n) is 2.47. The number of carbonyl (C=O) groups excluding carboxylic acids is 2. The van der Waals surface area contributed by atoms with Gasteiger partial charge in [-0.25, -0.2) is 0 Å². The Kier molecular flexibility index (Phi) is 6.34. The van der Waals surface area contributed by atoms with Gasteiger partial charge >= 0.3 is 0 Å². The zero-order valence-electron chi connectivity index (χ0n) is 14.6. The maximum absolute atomic E-state index is 12.0. The molecule has 0 aromatic heterocycles. The van der Waals surface area contributed by atoms with Crippen LogP contribution < -0.4 is 16.0 Å². The van der Waals surface area contributed by atoms with Gasteiger partial charge in [0.15, 0.2) is 0 Å². The number of nitrogens with one attached hydrogen (secondary N) is 3. The maximum Gasteiger partial charge on any atom is 0.251 e. The summed E-state index contributed by atoms with van der Waals surface area (Å²) >= 11 is 0. The smallest absolute Gasteiger partial charge is 0.251 e. The molecule has 0 unspecified atom stereocenters. The summed E-state index contributed by atoms with van der Waals surface area (Å²) in [5.41, 5.74) is 0.936. The van der Waals surface area contributed by atoms with Crippen molar-refractivity contribution >= 4 is 17.5 Å². The number of rotatable bonds is 5. The molecule has 1 aliphatic rings. The van der Waals surface area contributed by atoms with Crippen LogP contribution >= 0.6 is 0 Å². The van der Waals surface area contributed by atoms with Crippen LogP contribution in [0.4, 0.5) is 5.69 Å². The average Bonchev–Trinajstić information content (AvgIpc) is 2.53. The van der Waals surface area contributed by atoms with E-state index in [0.717, 1.165) is 25.9 Å². The number of hydrogen-bond acceptors (Lipinski definition) is 4. The summed E-state index contributed by atoms with van der Waals surface area (Å²) < 4.78 is 5.62. The van der Waals surface area contributed by atoms with Crippen molar-refractivity contribution in [3.05, 3.63) is 29.8 Å². The minimum Gasteiger partial charge on any atom is -0.368 e. The van der Waals surface area contributed by atoms with Crippen molar-refractivity contribution in [1.82, 2.24) is 10.6 Å². The predicted octanol–water partition coefficient (Wildman–Crippen LogP) is 1.92. The van der Waals surface area contributed by atoms with E-state index in [-0.39, 0.29) is 30.1 Å². The van der Waals surface area contributed by atoms with Gasteiger partial charge in [-0.2, -0.15) is 0 Å². The van der Waals surface area contributed by atoms with Crippen molar-refractivity contribution in [2.24, 2.45) is 0 Å². The molecule has 1 aromatic rings. The Morgan fingerprint density at radius 3 is 2.38 bits per heavy atom. The van der Waals surface area contributed by atoms with Crippen LogP contribution in [0.1, 0.15) is 44.0 Å². The van der Waals surface area contributed by atoms with E-state index in [0.29, 0.717) is 11.3 Å². The Hall–Kier alpha value is -1.92. The molecule has 6 nitrogen and oxygen atoms in total. The van der Waals surface area contributed by atoms with Crippen LogP contribution in [-0.4, -0.2) is 43.2 Å². The third-order valence-corrected chi connectivity index (χ3v) is 3.66. The molecular formula is C18H27N3O3. The normalized spacial score (nSPS) is 15.8. The topological polar surface area (TPSA) is 79.5 Å². The van der Waals surface area contributed by atoms with Gasteiger partial charge in [0.05, 0.1) is 6.10 Å². The molecule has 1 saturated heterocycles. The fourth-order valence-corrected chi connectivity index (χ4v) is 2.47. The molecule has 0 spiro atoms. The van der Waals surface area contributed by atoms with Gasteiger partial charge in [0.1, 0.15) is 6.61 Å². The summed E-state index contributed by atoms with van der Waals surface area (Å²) in [5, 5.41) is 8.94. The van der Waals surface area contributed by atoms with E-state index in [1.54, 1.807) is 24.3 Å². The molecule has 2 amide bonds. The van der Waals surface area contributed by atoms with Crippen molar-refractivity contribution in [3.8, 4) is 0 Å². The molecule has 3 N–H and O–H groups in total. The van der Waals surface area contributed by atoms with E-state index in [9.17, 15) is 9.59 Å². The van der Waals surface area contributed by atoms with Crippen molar-refractivity contribution < 1.29 is 14.3 Å². The quantitative estimate of drug-likeness (QED) is 0.769. The van der Waals surface area contributed by atoms with E-state index in [4.69, 9.17) is 4.74 Å². The number of carbonyl (C=O) groups is 2. The Balaban J connectivity index is 1.80. The monoisotopic (exact) mass is 333 g/mol. The van der Waals surface area contributed by atoms with Gasteiger partial charge in [-0.3, -0.25) is 9.59 Å². The Labute approximate surface area is 143 Å². The number of piperidine rings is 1. The molecule has 0 atom stereocenters. The minimum absolute atomic E-state index is 0.0525. The van der Waals surface area contributed by atoms with E-state index in [2.05, 4.69) is 16.0 Å². The first-order valence-corrected chi connectivity index (χ1v) is 8.38. The highest BCUT2D eigenvalue weighted by atomic mass is 16.5. The molecule has 1 heterocycles. The third-order valence-electron chi connectivity index (χ3n) is 3.66. The zero-order valence-corrected chi connectivity index (χ0v) is 14.6. The van der Waals surface area contributed by atoms with Crippen molar-refractivity contribution in [2.45, 2.75) is 45.3 Å². The molecule has 24 heavy (non-hydrogen) atoms. The predicted molar refractivity (Wildman–Crippen MR) is 94.1 cm³/mol. The lowest BCUT2D eigenvalue weighted by atomic mass is 10.1. The number of amides is 2. The molecule has 0 aliphatic carbocycles. The van der Waals surface area contributed by atoms with Crippen LogP contribution in [0.3, 0.4) is 0 Å². The Morgan fingerprint density at radius 1 is 1.17 bits per heavy atom. The second kappa shape index (κ2) is 8.26. The lowest BCUT2D eigenvalue weighted by Crippen LogP contribution is -2.40. The first-order valence-electron chi connectivity index (χ1n) is 8.38. The van der Waals surface area contributed by atoms with Gasteiger partial charge in [0.25, 0.3) is 5.91 Å². The second-order valence-electron chi connectivity index (χ2n) is 7.09. The second-order valence-corrected chi connectivity index (χ2v) is 7.09. The summed E-state index contributed by atoms with van der Waals surface area (Å²) in [5.74, 6) is -0.310. The van der Waals surface area contributed by atoms with Gasteiger partial charge in [-0.05, 0) is 71.0 Å². The van der Waals surface area contributed by atoms with E-state index in [1.807, 2.05) is 20.8 Å². The van der Waals surface area contributed by atoms with Crippen molar-refractivity contribution in [1.29, 1.82) is 0 Å². The molecule has 2 rings (SSSR count). The van der Waals surface area contributed by atoms with Gasteiger partial charge in [0, 0.05) is 16.8 Å². The highest BCUT2D eigenvalue weighted by Crippen LogP contribution is 2.12. The highest BCUT2D eigenvalue weighted by molar-refractivity contribution is 5.96. The van der Waals surface area contributed by atoms with E-state index >= 15 is 0 Å². The van der Waals surface area contributed by atoms with Gasteiger partial charge in [-0.1, -0.05) is 0 Å². The molecule has 6 heteroatoms. The first-order chi connectivity index (χ1) is 11.3. The van der Waals surface area contributed by atoms with Crippen molar-refractivity contribution in [3.63, 3.8) is 0 Å². The number of benzene rings is 1. The summed E-state index contributed by atoms with van der Waals surface area (Å²) in [6.45, 7) is 7.72. The van der Waals surface area contributed by atoms with Crippen LogP contribution in [0.25, 0.3) is 0 Å². The molecule has 1 fully saturated rings. The van der Waals surface area contributed by atoms with Crippen LogP contribution in [-0.2, 0) is 9.53 Å². The lowest BCUT2D eigenvalue weighted by molar-refractivity contribution is -0.123. The average molecular weight is 333 g/mol. The zero-order chi connectivity index (χ0) is 17.6. The minimum atomic E-state index is -0.282. The van der Waals surface area contributed by atoms with Gasteiger partial charge in [-0.15, -0.1) is 0 Å². The third kappa shape index (κ3) is 6.29. The molecule has 1 aliphatic heterocycles.